The number of amides is 1. The first-order valence-electron chi connectivity index (χ1n) is 8.26. The minimum atomic E-state index is -0.647. The minimum absolute atomic E-state index is 0.0729. The zero-order chi connectivity index (χ0) is 15.9. The molecule has 3 nitrogen and oxygen atoms in total. The van der Waals surface area contributed by atoms with Crippen molar-refractivity contribution >= 4 is 5.91 Å². The van der Waals surface area contributed by atoms with Gasteiger partial charge in [0.15, 0.2) is 11.6 Å². The third kappa shape index (κ3) is 2.83. The average molecular weight is 305 g/mol. The van der Waals surface area contributed by atoms with E-state index in [0.29, 0.717) is 23.6 Å². The van der Waals surface area contributed by atoms with E-state index in [4.69, 9.17) is 0 Å². The normalized spacial score (nSPS) is 24.9. The van der Waals surface area contributed by atoms with E-state index in [9.17, 15) is 14.3 Å². The van der Waals surface area contributed by atoms with Gasteiger partial charge in [-0.2, -0.15) is 0 Å². The van der Waals surface area contributed by atoms with Crippen LogP contribution in [0.3, 0.4) is 0 Å². The van der Waals surface area contributed by atoms with Crippen molar-refractivity contribution in [1.82, 2.24) is 4.90 Å². The second kappa shape index (κ2) is 5.90. The Kier molecular flexibility index (Phi) is 4.11. The summed E-state index contributed by atoms with van der Waals surface area (Å²) in [5, 5.41) is 9.44. The van der Waals surface area contributed by atoms with E-state index in [0.717, 1.165) is 18.4 Å². The summed E-state index contributed by atoms with van der Waals surface area (Å²) in [4.78, 5) is 14.2. The maximum Gasteiger partial charge on any atom is 0.254 e. The van der Waals surface area contributed by atoms with Crippen molar-refractivity contribution in [3.8, 4) is 5.75 Å². The second-order valence-corrected chi connectivity index (χ2v) is 7.17. The zero-order valence-electron chi connectivity index (χ0n) is 13.3. The van der Waals surface area contributed by atoms with Gasteiger partial charge in [-0.1, -0.05) is 13.8 Å². The molecule has 22 heavy (non-hydrogen) atoms. The summed E-state index contributed by atoms with van der Waals surface area (Å²) in [6.45, 7) is 5.79. The molecule has 1 saturated carbocycles. The van der Waals surface area contributed by atoms with E-state index >= 15 is 0 Å². The number of benzene rings is 1. The SMILES string of the molecule is CC(C)[C@H]1CC[C@H](CN2Cc3cc(F)c(O)cc3C2=O)CC1. The third-order valence-electron chi connectivity index (χ3n) is 5.36. The van der Waals surface area contributed by atoms with Crippen molar-refractivity contribution < 1.29 is 14.3 Å². The smallest absolute Gasteiger partial charge is 0.254 e. The Labute approximate surface area is 131 Å². The fourth-order valence-corrected chi connectivity index (χ4v) is 3.88. The number of rotatable bonds is 3. The van der Waals surface area contributed by atoms with Gasteiger partial charge in [-0.25, -0.2) is 4.39 Å². The molecule has 0 aromatic heterocycles. The molecule has 120 valence electrons. The van der Waals surface area contributed by atoms with Crippen LogP contribution in [0.15, 0.2) is 12.1 Å². The number of phenolic OH excluding ortho intramolecular Hbond substituents is 1. The Bertz CT molecular complexity index is 577. The van der Waals surface area contributed by atoms with E-state index in [1.165, 1.54) is 37.8 Å². The van der Waals surface area contributed by atoms with Crippen LogP contribution in [-0.4, -0.2) is 22.5 Å². The highest BCUT2D eigenvalue weighted by Crippen LogP contribution is 2.35. The molecule has 1 amide bonds. The van der Waals surface area contributed by atoms with Gasteiger partial charge in [0, 0.05) is 18.7 Å². The van der Waals surface area contributed by atoms with Crippen LogP contribution in [0.5, 0.6) is 5.75 Å². The predicted octanol–water partition coefficient (Wildman–Crippen LogP) is 3.95. The number of phenols is 1. The van der Waals surface area contributed by atoms with Crippen molar-refractivity contribution in [2.24, 2.45) is 17.8 Å². The lowest BCUT2D eigenvalue weighted by Crippen LogP contribution is -2.32. The monoisotopic (exact) mass is 305 g/mol. The molecule has 0 saturated heterocycles. The highest BCUT2D eigenvalue weighted by molar-refractivity contribution is 5.98. The number of carbonyl (C=O) groups excluding carboxylic acids is 1. The molecular weight excluding hydrogens is 281 g/mol. The van der Waals surface area contributed by atoms with E-state index in [2.05, 4.69) is 13.8 Å². The largest absolute Gasteiger partial charge is 0.505 e. The van der Waals surface area contributed by atoms with Crippen LogP contribution in [0.4, 0.5) is 4.39 Å². The number of nitrogens with zero attached hydrogens (tertiary/aromatic N) is 1. The number of aromatic hydroxyl groups is 1. The fraction of sp³-hybridized carbons (Fsp3) is 0.611. The first-order chi connectivity index (χ1) is 10.5. The number of hydrogen-bond donors (Lipinski definition) is 1. The summed E-state index contributed by atoms with van der Waals surface area (Å²) in [6, 6.07) is 2.56. The lowest BCUT2D eigenvalue weighted by Gasteiger charge is -2.33. The van der Waals surface area contributed by atoms with Crippen LogP contribution in [0.2, 0.25) is 0 Å². The number of fused-ring (bicyclic) bond motifs is 1. The van der Waals surface area contributed by atoms with Crippen LogP contribution < -0.4 is 0 Å². The van der Waals surface area contributed by atoms with Crippen molar-refractivity contribution in [2.45, 2.75) is 46.1 Å². The number of hydrogen-bond acceptors (Lipinski definition) is 2. The van der Waals surface area contributed by atoms with E-state index in [1.807, 2.05) is 4.90 Å². The molecule has 4 heteroatoms. The first kappa shape index (κ1) is 15.3. The standard InChI is InChI=1S/C18H24FNO2/c1-11(2)13-5-3-12(4-6-13)9-20-10-14-7-16(19)17(21)8-15(14)18(20)22/h7-8,11-13,21H,3-6,9-10H2,1-2H3/t12-,13-. The molecule has 0 radical (unpaired) electrons. The van der Waals surface area contributed by atoms with Gasteiger partial charge in [0.05, 0.1) is 0 Å². The lowest BCUT2D eigenvalue weighted by molar-refractivity contribution is 0.0723. The number of carbonyl (C=O) groups is 1. The van der Waals surface area contributed by atoms with Crippen LogP contribution in [0.1, 0.15) is 55.5 Å². The second-order valence-electron chi connectivity index (χ2n) is 7.17. The van der Waals surface area contributed by atoms with Crippen molar-refractivity contribution in [1.29, 1.82) is 0 Å². The Morgan fingerprint density at radius 1 is 1.27 bits per heavy atom. The molecule has 0 atom stereocenters. The van der Waals surface area contributed by atoms with Crippen molar-refractivity contribution in [3.05, 3.63) is 29.1 Å². The molecule has 1 heterocycles. The van der Waals surface area contributed by atoms with Crippen LogP contribution in [-0.2, 0) is 6.54 Å². The average Bonchev–Trinajstić information content (AvgIpc) is 2.77. The minimum Gasteiger partial charge on any atom is -0.505 e. The van der Waals surface area contributed by atoms with E-state index in [-0.39, 0.29) is 5.91 Å². The van der Waals surface area contributed by atoms with Crippen LogP contribution in [0, 0.1) is 23.6 Å². The quantitative estimate of drug-likeness (QED) is 0.918. The van der Waals surface area contributed by atoms with Gasteiger partial charge in [0.25, 0.3) is 5.91 Å². The summed E-state index contributed by atoms with van der Waals surface area (Å²) in [5.41, 5.74) is 1.14. The van der Waals surface area contributed by atoms with Crippen LogP contribution in [0.25, 0.3) is 0 Å². The maximum atomic E-state index is 13.4. The molecule has 0 spiro atoms. The number of halogens is 1. The third-order valence-corrected chi connectivity index (χ3v) is 5.36. The Morgan fingerprint density at radius 3 is 2.59 bits per heavy atom. The highest BCUT2D eigenvalue weighted by Gasteiger charge is 2.32. The Hall–Kier alpha value is -1.58. The van der Waals surface area contributed by atoms with Gasteiger partial charge in [0.1, 0.15) is 0 Å². The molecule has 2 aliphatic rings. The molecule has 1 aromatic carbocycles. The van der Waals surface area contributed by atoms with Crippen molar-refractivity contribution in [2.75, 3.05) is 6.54 Å². The molecule has 0 bridgehead atoms. The summed E-state index contributed by atoms with van der Waals surface area (Å²) in [7, 11) is 0. The van der Waals surface area contributed by atoms with Crippen molar-refractivity contribution in [3.63, 3.8) is 0 Å². The summed E-state index contributed by atoms with van der Waals surface area (Å²) < 4.78 is 13.4. The predicted molar refractivity (Wildman–Crippen MR) is 83.1 cm³/mol. The summed E-state index contributed by atoms with van der Waals surface area (Å²) in [6.07, 6.45) is 4.82. The first-order valence-corrected chi connectivity index (χ1v) is 8.26. The molecule has 1 aromatic rings. The van der Waals surface area contributed by atoms with E-state index < -0.39 is 11.6 Å². The molecule has 3 rings (SSSR count). The molecule has 1 aliphatic heterocycles. The highest BCUT2D eigenvalue weighted by atomic mass is 19.1. The summed E-state index contributed by atoms with van der Waals surface area (Å²) >= 11 is 0. The molecule has 1 aliphatic carbocycles. The Morgan fingerprint density at radius 2 is 1.95 bits per heavy atom. The van der Waals surface area contributed by atoms with Crippen LogP contribution >= 0.6 is 0 Å². The molecule has 1 fully saturated rings. The summed E-state index contributed by atoms with van der Waals surface area (Å²) in [5.74, 6) is 0.943. The Balaban J connectivity index is 1.63. The lowest BCUT2D eigenvalue weighted by atomic mass is 9.77. The molecule has 1 N–H and O–H groups in total. The van der Waals surface area contributed by atoms with Gasteiger partial charge in [0.2, 0.25) is 0 Å². The zero-order valence-corrected chi connectivity index (χ0v) is 13.3. The van der Waals surface area contributed by atoms with Gasteiger partial charge in [-0.05, 0) is 61.1 Å². The van der Waals surface area contributed by atoms with Gasteiger partial charge >= 0.3 is 0 Å². The molecule has 0 unspecified atom stereocenters. The maximum absolute atomic E-state index is 13.4. The van der Waals surface area contributed by atoms with Gasteiger partial charge in [-0.15, -0.1) is 0 Å². The van der Waals surface area contributed by atoms with Gasteiger partial charge in [-0.3, -0.25) is 4.79 Å². The fourth-order valence-electron chi connectivity index (χ4n) is 3.88. The molecular formula is C18H24FNO2. The topological polar surface area (TPSA) is 40.5 Å². The van der Waals surface area contributed by atoms with E-state index in [1.54, 1.807) is 0 Å². The van der Waals surface area contributed by atoms with Gasteiger partial charge < -0.3 is 10.0 Å².